The van der Waals surface area contributed by atoms with Gasteiger partial charge in [-0.15, -0.1) is 0 Å². The maximum Gasteiger partial charge on any atom is 0.219 e. The summed E-state index contributed by atoms with van der Waals surface area (Å²) in [6.45, 7) is 4.62. The van der Waals surface area contributed by atoms with E-state index in [2.05, 4.69) is 4.98 Å². The van der Waals surface area contributed by atoms with Gasteiger partial charge in [-0.05, 0) is 30.4 Å². The molecule has 19 heavy (non-hydrogen) atoms. The minimum Gasteiger partial charge on any atom is -0.384 e. The van der Waals surface area contributed by atoms with Gasteiger partial charge in [0, 0.05) is 39.4 Å². The van der Waals surface area contributed by atoms with E-state index in [0.29, 0.717) is 18.3 Å². The Morgan fingerprint density at radius 2 is 2.21 bits per heavy atom. The lowest BCUT2D eigenvalue weighted by Crippen LogP contribution is -2.35. The lowest BCUT2D eigenvalue weighted by Gasteiger charge is -2.29. The number of pyridine rings is 1. The third-order valence-corrected chi connectivity index (χ3v) is 3.49. The first-order valence-electron chi connectivity index (χ1n) is 6.69. The van der Waals surface area contributed by atoms with Gasteiger partial charge in [-0.2, -0.15) is 0 Å². The molecule has 1 aromatic rings. The maximum atomic E-state index is 11.7. The van der Waals surface area contributed by atoms with Gasteiger partial charge < -0.3 is 15.4 Å². The van der Waals surface area contributed by atoms with E-state index in [-0.39, 0.29) is 5.91 Å². The first-order valence-corrected chi connectivity index (χ1v) is 6.69. The Morgan fingerprint density at radius 1 is 1.47 bits per heavy atom. The normalized spacial score (nSPS) is 16.3. The Hall–Kier alpha value is -1.62. The summed E-state index contributed by atoms with van der Waals surface area (Å²) in [5, 5.41) is 0. The highest BCUT2D eigenvalue weighted by atomic mass is 16.5. The van der Waals surface area contributed by atoms with Gasteiger partial charge in [-0.3, -0.25) is 4.79 Å². The van der Waals surface area contributed by atoms with E-state index in [1.165, 1.54) is 0 Å². The fourth-order valence-electron chi connectivity index (χ4n) is 2.29. The van der Waals surface area contributed by atoms with Gasteiger partial charge >= 0.3 is 0 Å². The molecule has 5 heteroatoms. The summed E-state index contributed by atoms with van der Waals surface area (Å²) in [7, 11) is 0. The third-order valence-electron chi connectivity index (χ3n) is 3.49. The molecule has 0 aliphatic carbocycles. The molecule has 0 saturated carbocycles. The highest BCUT2D eigenvalue weighted by Gasteiger charge is 2.19. The Bertz CT molecular complexity index is 413. The Kier molecular flexibility index (Phi) is 4.74. The molecule has 0 radical (unpaired) electrons. The molecule has 0 unspecified atom stereocenters. The van der Waals surface area contributed by atoms with E-state index >= 15 is 0 Å². The van der Waals surface area contributed by atoms with Crippen molar-refractivity contribution in [1.82, 2.24) is 9.88 Å². The lowest BCUT2D eigenvalue weighted by atomic mass is 9.99. The zero-order chi connectivity index (χ0) is 13.7. The van der Waals surface area contributed by atoms with Crippen LogP contribution in [0.2, 0.25) is 0 Å². The van der Waals surface area contributed by atoms with Gasteiger partial charge in [0.15, 0.2) is 0 Å². The van der Waals surface area contributed by atoms with Crippen molar-refractivity contribution in [3.05, 3.63) is 23.9 Å². The van der Waals surface area contributed by atoms with Gasteiger partial charge in [-0.1, -0.05) is 6.07 Å². The second kappa shape index (κ2) is 6.52. The number of anilines is 1. The molecule has 5 nitrogen and oxygen atoms in total. The minimum absolute atomic E-state index is 0.100. The van der Waals surface area contributed by atoms with E-state index in [4.69, 9.17) is 10.5 Å². The van der Waals surface area contributed by atoms with Crippen LogP contribution in [-0.2, 0) is 16.1 Å². The average molecular weight is 263 g/mol. The second-order valence-corrected chi connectivity index (χ2v) is 5.05. The number of carbonyl (C=O) groups excluding carboxylic acids is 1. The van der Waals surface area contributed by atoms with Gasteiger partial charge in [0.05, 0.1) is 0 Å². The molecule has 0 bridgehead atoms. The summed E-state index contributed by atoms with van der Waals surface area (Å²) in [6, 6.07) is 3.68. The van der Waals surface area contributed by atoms with Gasteiger partial charge in [0.1, 0.15) is 5.82 Å². The van der Waals surface area contributed by atoms with Crippen molar-refractivity contribution in [3.8, 4) is 0 Å². The number of hydrogen-bond acceptors (Lipinski definition) is 4. The molecule has 1 aromatic heterocycles. The van der Waals surface area contributed by atoms with Crippen molar-refractivity contribution in [2.75, 3.05) is 25.5 Å². The fourth-order valence-corrected chi connectivity index (χ4v) is 2.29. The lowest BCUT2D eigenvalue weighted by molar-refractivity contribution is -0.130. The smallest absolute Gasteiger partial charge is 0.219 e. The monoisotopic (exact) mass is 263 g/mol. The Morgan fingerprint density at radius 3 is 2.79 bits per heavy atom. The van der Waals surface area contributed by atoms with Crippen LogP contribution in [0.1, 0.15) is 25.3 Å². The van der Waals surface area contributed by atoms with E-state index in [1.54, 1.807) is 19.2 Å². The molecule has 0 aromatic carbocycles. The molecule has 2 rings (SSSR count). The second-order valence-electron chi connectivity index (χ2n) is 5.05. The highest BCUT2D eigenvalue weighted by Crippen LogP contribution is 2.17. The molecular weight excluding hydrogens is 242 g/mol. The van der Waals surface area contributed by atoms with Crippen molar-refractivity contribution in [2.45, 2.75) is 26.3 Å². The first-order chi connectivity index (χ1) is 9.15. The Balaban J connectivity index is 1.95. The molecule has 1 fully saturated rings. The summed E-state index contributed by atoms with van der Waals surface area (Å²) in [4.78, 5) is 17.7. The predicted octanol–water partition coefficient (Wildman–Crippen LogP) is 1.44. The minimum atomic E-state index is 0.100. The van der Waals surface area contributed by atoms with Crippen molar-refractivity contribution in [3.63, 3.8) is 0 Å². The van der Waals surface area contributed by atoms with Gasteiger partial charge in [-0.25, -0.2) is 4.98 Å². The van der Waals surface area contributed by atoms with Gasteiger partial charge in [0.2, 0.25) is 5.91 Å². The van der Waals surface area contributed by atoms with Crippen LogP contribution < -0.4 is 5.73 Å². The number of hydrogen-bond donors (Lipinski definition) is 1. The number of aromatic nitrogens is 1. The van der Waals surface area contributed by atoms with E-state index < -0.39 is 0 Å². The van der Waals surface area contributed by atoms with Crippen LogP contribution in [0, 0.1) is 5.92 Å². The van der Waals surface area contributed by atoms with Crippen molar-refractivity contribution in [1.29, 1.82) is 0 Å². The van der Waals surface area contributed by atoms with Crippen molar-refractivity contribution >= 4 is 11.7 Å². The fraction of sp³-hybridized carbons (Fsp3) is 0.571. The van der Waals surface area contributed by atoms with E-state index in [1.807, 2.05) is 11.0 Å². The molecule has 0 atom stereocenters. The van der Waals surface area contributed by atoms with Crippen LogP contribution in [0.5, 0.6) is 0 Å². The van der Waals surface area contributed by atoms with Crippen molar-refractivity contribution < 1.29 is 9.53 Å². The van der Waals surface area contributed by atoms with Crippen LogP contribution in [0.25, 0.3) is 0 Å². The summed E-state index contributed by atoms with van der Waals surface area (Å²) in [6.07, 6.45) is 3.79. The zero-order valence-electron chi connectivity index (χ0n) is 11.3. The molecule has 104 valence electrons. The number of carbonyl (C=O) groups is 1. The van der Waals surface area contributed by atoms with Crippen LogP contribution in [0.15, 0.2) is 18.3 Å². The average Bonchev–Trinajstić information content (AvgIpc) is 2.41. The number of ether oxygens (including phenoxy) is 1. The maximum absolute atomic E-state index is 11.7. The molecule has 1 aliphatic rings. The standard InChI is InChI=1S/C14H21N3O2/c1-11(18)17(9-12-4-6-19-7-5-12)10-13-2-3-14(15)16-8-13/h2-3,8,12H,4-7,9-10H2,1H3,(H2,15,16). The summed E-state index contributed by atoms with van der Waals surface area (Å²) < 4.78 is 5.35. The number of rotatable bonds is 4. The predicted molar refractivity (Wildman–Crippen MR) is 73.3 cm³/mol. The number of nitrogens with two attached hydrogens (primary N) is 1. The largest absolute Gasteiger partial charge is 0.384 e. The molecule has 1 amide bonds. The highest BCUT2D eigenvalue weighted by molar-refractivity contribution is 5.73. The molecule has 1 saturated heterocycles. The molecule has 0 spiro atoms. The SMILES string of the molecule is CC(=O)N(Cc1ccc(N)nc1)CC1CCOCC1. The number of amides is 1. The van der Waals surface area contributed by atoms with Crippen LogP contribution in [0.3, 0.4) is 0 Å². The molecule has 1 aliphatic heterocycles. The van der Waals surface area contributed by atoms with E-state index in [0.717, 1.165) is 38.2 Å². The van der Waals surface area contributed by atoms with E-state index in [9.17, 15) is 4.79 Å². The third kappa shape index (κ3) is 4.21. The summed E-state index contributed by atoms with van der Waals surface area (Å²) in [5.74, 6) is 1.14. The summed E-state index contributed by atoms with van der Waals surface area (Å²) in [5.41, 5.74) is 6.57. The molecular formula is C14H21N3O2. The first kappa shape index (κ1) is 13.8. The number of nitrogen functional groups attached to an aromatic ring is 1. The Labute approximate surface area is 113 Å². The quantitative estimate of drug-likeness (QED) is 0.892. The summed E-state index contributed by atoms with van der Waals surface area (Å²) >= 11 is 0. The van der Waals surface area contributed by atoms with Crippen molar-refractivity contribution in [2.24, 2.45) is 5.92 Å². The molecule has 2 N–H and O–H groups in total. The van der Waals surface area contributed by atoms with Gasteiger partial charge in [0.25, 0.3) is 0 Å². The topological polar surface area (TPSA) is 68.5 Å². The van der Waals surface area contributed by atoms with Crippen LogP contribution in [0.4, 0.5) is 5.82 Å². The van der Waals surface area contributed by atoms with Crippen LogP contribution >= 0.6 is 0 Å². The molecule has 2 heterocycles. The van der Waals surface area contributed by atoms with Crippen LogP contribution in [-0.4, -0.2) is 35.5 Å². The number of nitrogens with zero attached hydrogens (tertiary/aromatic N) is 2. The zero-order valence-corrected chi connectivity index (χ0v) is 11.3.